The Hall–Kier alpha value is -3.51. The molecule has 4 rings (SSSR count). The van der Waals surface area contributed by atoms with Gasteiger partial charge < -0.3 is 14.6 Å². The lowest BCUT2D eigenvalue weighted by Crippen LogP contribution is -2.21. The molecule has 140 valence electrons. The SMILES string of the molecule is C=CC(F)(F)Oc1cc(C#N)ccc1Nc1nc2c(ccc3c2ncn3C)s1. The number of benzene rings is 2. The molecule has 0 spiro atoms. The quantitative estimate of drug-likeness (QED) is 0.482. The van der Waals surface area contributed by atoms with E-state index in [1.807, 2.05) is 29.8 Å². The molecule has 4 aromatic rings. The number of nitriles is 1. The minimum atomic E-state index is -3.57. The molecule has 0 saturated heterocycles. The van der Waals surface area contributed by atoms with Crippen LogP contribution in [0.4, 0.5) is 19.6 Å². The van der Waals surface area contributed by atoms with Crippen molar-refractivity contribution in [2.45, 2.75) is 6.11 Å². The van der Waals surface area contributed by atoms with Crippen molar-refractivity contribution in [1.82, 2.24) is 14.5 Å². The number of aromatic nitrogens is 3. The molecule has 9 heteroatoms. The highest BCUT2D eigenvalue weighted by Crippen LogP contribution is 2.36. The Labute approximate surface area is 162 Å². The van der Waals surface area contributed by atoms with Gasteiger partial charge in [0.2, 0.25) is 0 Å². The summed E-state index contributed by atoms with van der Waals surface area (Å²) in [5.74, 6) is -0.175. The van der Waals surface area contributed by atoms with Crippen molar-refractivity contribution < 1.29 is 13.5 Å². The fraction of sp³-hybridized carbons (Fsp3) is 0.105. The zero-order valence-electron chi connectivity index (χ0n) is 14.6. The molecule has 2 aromatic carbocycles. The van der Waals surface area contributed by atoms with Crippen LogP contribution < -0.4 is 10.1 Å². The van der Waals surface area contributed by atoms with Gasteiger partial charge >= 0.3 is 6.11 Å². The van der Waals surface area contributed by atoms with Crippen LogP contribution in [-0.4, -0.2) is 20.6 Å². The summed E-state index contributed by atoms with van der Waals surface area (Å²) in [6.07, 6.45) is -1.47. The van der Waals surface area contributed by atoms with Crippen molar-refractivity contribution in [2.24, 2.45) is 7.05 Å². The first-order valence-corrected chi connectivity index (χ1v) is 8.94. The first-order valence-electron chi connectivity index (χ1n) is 8.12. The second-order valence-corrected chi connectivity index (χ2v) is 7.00. The van der Waals surface area contributed by atoms with Crippen molar-refractivity contribution in [2.75, 3.05) is 5.32 Å². The van der Waals surface area contributed by atoms with E-state index in [4.69, 9.17) is 10.00 Å². The second-order valence-electron chi connectivity index (χ2n) is 5.97. The highest BCUT2D eigenvalue weighted by atomic mass is 32.1. The first-order chi connectivity index (χ1) is 13.4. The average Bonchev–Trinajstić information content (AvgIpc) is 3.26. The zero-order chi connectivity index (χ0) is 19.9. The Morgan fingerprint density at radius 3 is 2.89 bits per heavy atom. The van der Waals surface area contributed by atoms with Gasteiger partial charge in [-0.1, -0.05) is 17.9 Å². The number of imidazole rings is 1. The van der Waals surface area contributed by atoms with Crippen LogP contribution in [0.15, 0.2) is 49.3 Å². The van der Waals surface area contributed by atoms with E-state index in [2.05, 4.69) is 21.9 Å². The van der Waals surface area contributed by atoms with Crippen LogP contribution in [0.2, 0.25) is 0 Å². The molecule has 0 aliphatic rings. The largest absolute Gasteiger partial charge is 0.427 e. The molecular weight excluding hydrogens is 384 g/mol. The van der Waals surface area contributed by atoms with Crippen LogP contribution in [0.25, 0.3) is 21.3 Å². The predicted molar refractivity (Wildman–Crippen MR) is 104 cm³/mol. The third-order valence-electron chi connectivity index (χ3n) is 4.09. The zero-order valence-corrected chi connectivity index (χ0v) is 15.4. The number of halogens is 2. The molecule has 0 aliphatic carbocycles. The number of nitrogens with zero attached hydrogens (tertiary/aromatic N) is 4. The highest BCUT2D eigenvalue weighted by Gasteiger charge is 2.28. The summed E-state index contributed by atoms with van der Waals surface area (Å²) >= 11 is 1.36. The summed E-state index contributed by atoms with van der Waals surface area (Å²) in [7, 11) is 1.90. The summed E-state index contributed by atoms with van der Waals surface area (Å²) in [5, 5.41) is 12.5. The van der Waals surface area contributed by atoms with Gasteiger partial charge in [-0.15, -0.1) is 0 Å². The molecule has 1 N–H and O–H groups in total. The van der Waals surface area contributed by atoms with E-state index < -0.39 is 6.11 Å². The molecule has 0 fully saturated rings. The van der Waals surface area contributed by atoms with Gasteiger partial charge in [0.05, 0.1) is 33.9 Å². The molecule has 0 aliphatic heterocycles. The van der Waals surface area contributed by atoms with E-state index in [1.54, 1.807) is 6.33 Å². The summed E-state index contributed by atoms with van der Waals surface area (Å²) in [5.41, 5.74) is 2.88. The third-order valence-corrected chi connectivity index (χ3v) is 5.02. The summed E-state index contributed by atoms with van der Waals surface area (Å²) < 4.78 is 34.9. The van der Waals surface area contributed by atoms with Gasteiger partial charge in [0.15, 0.2) is 10.9 Å². The van der Waals surface area contributed by atoms with Crippen molar-refractivity contribution >= 4 is 43.4 Å². The maximum Gasteiger partial charge on any atom is 0.419 e. The van der Waals surface area contributed by atoms with Gasteiger partial charge in [-0.05, 0) is 24.3 Å². The maximum atomic E-state index is 13.7. The molecule has 0 unspecified atom stereocenters. The minimum Gasteiger partial charge on any atom is -0.427 e. The van der Waals surface area contributed by atoms with E-state index in [1.165, 1.54) is 29.5 Å². The lowest BCUT2D eigenvalue weighted by atomic mass is 10.2. The lowest BCUT2D eigenvalue weighted by molar-refractivity contribution is -0.130. The Bertz CT molecular complexity index is 1250. The second kappa shape index (κ2) is 6.58. The molecule has 0 atom stereocenters. The molecule has 6 nitrogen and oxygen atoms in total. The normalized spacial score (nSPS) is 11.5. The maximum absolute atomic E-state index is 13.7. The molecule has 0 radical (unpaired) electrons. The van der Waals surface area contributed by atoms with E-state index in [0.29, 0.717) is 11.2 Å². The van der Waals surface area contributed by atoms with Gasteiger partial charge in [-0.25, -0.2) is 9.97 Å². The number of aryl methyl sites for hydroxylation is 1. The van der Waals surface area contributed by atoms with Crippen molar-refractivity contribution in [1.29, 1.82) is 5.26 Å². The van der Waals surface area contributed by atoms with Crippen molar-refractivity contribution in [3.63, 3.8) is 0 Å². The van der Waals surface area contributed by atoms with Crippen molar-refractivity contribution in [3.8, 4) is 11.8 Å². The predicted octanol–water partition coefficient (Wildman–Crippen LogP) is 4.96. The van der Waals surface area contributed by atoms with Gasteiger partial charge in [0.1, 0.15) is 11.0 Å². The number of nitrogens with one attached hydrogen (secondary N) is 1. The number of ether oxygens (including phenoxy) is 1. The number of hydrogen-bond acceptors (Lipinski definition) is 6. The van der Waals surface area contributed by atoms with E-state index in [-0.39, 0.29) is 17.0 Å². The van der Waals surface area contributed by atoms with Crippen LogP contribution in [-0.2, 0) is 7.05 Å². The summed E-state index contributed by atoms with van der Waals surface area (Å²) in [6, 6.07) is 10.0. The standard InChI is InChI=1S/C19H13F2N5OS/c1-3-19(20,21)27-14-8-11(9-22)4-5-12(14)24-18-25-17-15(28-18)7-6-13-16(17)23-10-26(13)2/h3-8,10H,1H2,2H3,(H,24,25). The molecule has 28 heavy (non-hydrogen) atoms. The number of alkyl halides is 2. The Balaban J connectivity index is 1.75. The molecule has 2 heterocycles. The molecule has 0 saturated carbocycles. The van der Waals surface area contributed by atoms with Gasteiger partial charge in [-0.3, -0.25) is 0 Å². The van der Waals surface area contributed by atoms with Crippen molar-refractivity contribution in [3.05, 3.63) is 54.9 Å². The summed E-state index contributed by atoms with van der Waals surface area (Å²) in [4.78, 5) is 8.93. The third kappa shape index (κ3) is 3.14. The lowest BCUT2D eigenvalue weighted by Gasteiger charge is -2.17. The smallest absolute Gasteiger partial charge is 0.419 e. The molecule has 0 amide bonds. The Morgan fingerprint density at radius 2 is 2.14 bits per heavy atom. The number of rotatable bonds is 5. The van der Waals surface area contributed by atoms with E-state index in [0.717, 1.165) is 21.3 Å². The Kier molecular flexibility index (Phi) is 4.20. The Morgan fingerprint density at radius 1 is 1.32 bits per heavy atom. The van der Waals surface area contributed by atoms with Crippen LogP contribution >= 0.6 is 11.3 Å². The van der Waals surface area contributed by atoms with Gasteiger partial charge in [0, 0.05) is 19.2 Å². The monoisotopic (exact) mass is 397 g/mol. The van der Waals surface area contributed by atoms with E-state index in [9.17, 15) is 8.78 Å². The van der Waals surface area contributed by atoms with Gasteiger partial charge in [0.25, 0.3) is 0 Å². The fourth-order valence-corrected chi connectivity index (χ4v) is 3.61. The summed E-state index contributed by atoms with van der Waals surface area (Å²) in [6.45, 7) is 3.06. The minimum absolute atomic E-state index is 0.175. The van der Waals surface area contributed by atoms with Crippen LogP contribution in [0.3, 0.4) is 0 Å². The first kappa shape index (κ1) is 17.9. The number of anilines is 2. The fourth-order valence-electron chi connectivity index (χ4n) is 2.72. The average molecular weight is 397 g/mol. The van der Waals surface area contributed by atoms with Gasteiger partial charge in [-0.2, -0.15) is 14.0 Å². The van der Waals surface area contributed by atoms with Crippen LogP contribution in [0, 0.1) is 11.3 Å². The highest BCUT2D eigenvalue weighted by molar-refractivity contribution is 7.22. The number of fused-ring (bicyclic) bond motifs is 3. The molecular formula is C19H13F2N5OS. The van der Waals surface area contributed by atoms with Crippen LogP contribution in [0.1, 0.15) is 5.56 Å². The van der Waals surface area contributed by atoms with E-state index >= 15 is 0 Å². The molecule has 2 aromatic heterocycles. The number of thiazole rings is 1. The molecule has 0 bridgehead atoms. The topological polar surface area (TPSA) is 75.8 Å². The van der Waals surface area contributed by atoms with Crippen LogP contribution in [0.5, 0.6) is 5.75 Å². The number of hydrogen-bond donors (Lipinski definition) is 1.